The highest BCUT2D eigenvalue weighted by Crippen LogP contribution is 2.69. The molecule has 4 N–H and O–H groups in total. The Labute approximate surface area is 110 Å². The van der Waals surface area contributed by atoms with E-state index in [1.807, 2.05) is 0 Å². The van der Waals surface area contributed by atoms with Gasteiger partial charge in [-0.15, -0.1) is 0 Å². The second-order valence-corrected chi connectivity index (χ2v) is 9.02. The molecule has 0 aliphatic heterocycles. The van der Waals surface area contributed by atoms with Crippen molar-refractivity contribution < 1.29 is 28.7 Å². The fourth-order valence-electron chi connectivity index (χ4n) is 1.37. The average molecular weight is 310 g/mol. The van der Waals surface area contributed by atoms with E-state index in [-0.39, 0.29) is 0 Å². The minimum atomic E-state index is -5.02. The quantitative estimate of drug-likeness (QED) is 0.596. The van der Waals surface area contributed by atoms with Crippen molar-refractivity contribution in [3.8, 4) is 0 Å². The van der Waals surface area contributed by atoms with Crippen LogP contribution in [-0.2, 0) is 15.7 Å². The Morgan fingerprint density at radius 1 is 1.37 bits per heavy atom. The van der Waals surface area contributed by atoms with Crippen LogP contribution in [0.2, 0.25) is 0 Å². The molecule has 19 heavy (non-hydrogen) atoms. The van der Waals surface area contributed by atoms with Gasteiger partial charge in [0.25, 0.3) is 0 Å². The van der Waals surface area contributed by atoms with Crippen LogP contribution >= 0.6 is 15.2 Å². The predicted octanol–water partition coefficient (Wildman–Crippen LogP) is 0.988. The molecule has 0 aliphatic carbocycles. The summed E-state index contributed by atoms with van der Waals surface area (Å²) in [6, 6.07) is 0. The van der Waals surface area contributed by atoms with Gasteiger partial charge in [0, 0.05) is 6.20 Å². The summed E-state index contributed by atoms with van der Waals surface area (Å²) in [4.78, 5) is 38.3. The van der Waals surface area contributed by atoms with E-state index in [2.05, 4.69) is 11.6 Å². The minimum absolute atomic E-state index is 0.485. The van der Waals surface area contributed by atoms with Gasteiger partial charge in [0.15, 0.2) is 4.90 Å². The fourth-order valence-corrected chi connectivity index (χ4v) is 3.42. The number of nitrogens with zero attached hydrogens (tertiary/aromatic N) is 2. The maximum Gasteiger partial charge on any atom is 0.345 e. The topological polar surface area (TPSA) is 133 Å². The number of hydrogen-bond acceptors (Lipinski definition) is 3. The molecule has 1 aromatic rings. The van der Waals surface area contributed by atoms with Gasteiger partial charge in [-0.3, -0.25) is 9.13 Å². The summed E-state index contributed by atoms with van der Waals surface area (Å²) in [5, 5.41) is 0. The summed E-state index contributed by atoms with van der Waals surface area (Å²) in [5.74, 6) is 0. The minimum Gasteiger partial charge on any atom is -0.335 e. The maximum absolute atomic E-state index is 11.4. The molecule has 0 aliphatic rings. The molecule has 0 bridgehead atoms. The van der Waals surface area contributed by atoms with Crippen LogP contribution in [-0.4, -0.2) is 34.0 Å². The maximum atomic E-state index is 11.4. The van der Waals surface area contributed by atoms with Gasteiger partial charge in [0.2, 0.25) is 0 Å². The van der Waals surface area contributed by atoms with E-state index in [1.54, 1.807) is 6.92 Å². The molecule has 0 saturated carbocycles. The third-order valence-corrected chi connectivity index (χ3v) is 7.16. The van der Waals surface area contributed by atoms with Crippen LogP contribution in [0.15, 0.2) is 19.1 Å². The molecular weight excluding hydrogens is 294 g/mol. The summed E-state index contributed by atoms with van der Waals surface area (Å²) >= 11 is 0. The molecule has 8 nitrogen and oxygen atoms in total. The van der Waals surface area contributed by atoms with E-state index in [0.717, 1.165) is 6.92 Å². The average Bonchev–Trinajstić information content (AvgIpc) is 2.62. The molecule has 1 heterocycles. The lowest BCUT2D eigenvalue weighted by Crippen LogP contribution is -2.30. The van der Waals surface area contributed by atoms with Crippen molar-refractivity contribution in [3.05, 3.63) is 24.8 Å². The van der Waals surface area contributed by atoms with Gasteiger partial charge in [0.1, 0.15) is 0 Å². The Morgan fingerprint density at radius 2 is 1.84 bits per heavy atom. The first-order chi connectivity index (χ1) is 8.38. The molecule has 108 valence electrons. The van der Waals surface area contributed by atoms with Crippen molar-refractivity contribution in [2.45, 2.75) is 25.3 Å². The van der Waals surface area contributed by atoms with E-state index in [9.17, 15) is 28.7 Å². The lowest BCUT2D eigenvalue weighted by atomic mass is 10.3. The Morgan fingerprint density at radius 3 is 2.16 bits per heavy atom. The first-order valence-electron chi connectivity index (χ1n) is 5.17. The van der Waals surface area contributed by atoms with Gasteiger partial charge in [-0.05, 0) is 19.4 Å². The van der Waals surface area contributed by atoms with Crippen molar-refractivity contribution in [2.24, 2.45) is 0 Å². The van der Waals surface area contributed by atoms with Crippen molar-refractivity contribution in [2.75, 3.05) is 0 Å². The number of hydrogen-bond donors (Lipinski definition) is 4. The predicted molar refractivity (Wildman–Crippen MR) is 69.4 cm³/mol. The monoisotopic (exact) mass is 310 g/mol. The molecule has 0 spiro atoms. The second-order valence-electron chi connectivity index (χ2n) is 4.52. The van der Waals surface area contributed by atoms with Crippen LogP contribution in [0.1, 0.15) is 19.5 Å². The molecule has 0 aromatic carbocycles. The van der Waals surface area contributed by atoms with Gasteiger partial charge in [-0.1, -0.05) is 6.58 Å². The summed E-state index contributed by atoms with van der Waals surface area (Å²) in [6.07, 6.45) is 2.67. The molecule has 0 radical (unpaired) electrons. The molecule has 0 unspecified atom stereocenters. The van der Waals surface area contributed by atoms with Gasteiger partial charge >= 0.3 is 15.2 Å². The van der Waals surface area contributed by atoms with Crippen molar-refractivity contribution >= 4 is 20.8 Å². The molecule has 0 saturated heterocycles. The summed E-state index contributed by atoms with van der Waals surface area (Å²) in [6.45, 7) is 5.64. The number of allylic oxidation sites excluding steroid dienone is 1. The van der Waals surface area contributed by atoms with Gasteiger partial charge in [-0.2, -0.15) is 0 Å². The van der Waals surface area contributed by atoms with Gasteiger partial charge < -0.3 is 24.1 Å². The lowest BCUT2D eigenvalue weighted by Gasteiger charge is -2.30. The molecule has 0 atom stereocenters. The van der Waals surface area contributed by atoms with Crippen LogP contribution in [0.25, 0.3) is 5.57 Å². The number of rotatable bonds is 5. The van der Waals surface area contributed by atoms with E-state index in [4.69, 9.17) is 0 Å². The molecule has 0 fully saturated rings. The highest BCUT2D eigenvalue weighted by atomic mass is 31.2. The Balaban J connectivity index is 3.20. The van der Waals surface area contributed by atoms with Gasteiger partial charge in [-0.25, -0.2) is 4.98 Å². The molecule has 1 aromatic heterocycles. The highest BCUT2D eigenvalue weighted by molar-refractivity contribution is 7.72. The summed E-state index contributed by atoms with van der Waals surface area (Å²) < 4.78 is 24.0. The first-order valence-corrected chi connectivity index (χ1v) is 8.40. The fraction of sp³-hybridized carbons (Fsp3) is 0.444. The van der Waals surface area contributed by atoms with Gasteiger partial charge in [0.05, 0.1) is 18.6 Å². The Bertz CT molecular complexity index is 561. The zero-order valence-corrected chi connectivity index (χ0v) is 12.3. The Kier molecular flexibility index (Phi) is 4.27. The number of aromatic nitrogens is 2. The third kappa shape index (κ3) is 3.23. The molecular formula is C9H16N2O6P2. The summed E-state index contributed by atoms with van der Waals surface area (Å²) in [7, 11) is -10.0. The molecule has 0 amide bonds. The van der Waals surface area contributed by atoms with Crippen LogP contribution in [0.4, 0.5) is 0 Å². The second kappa shape index (κ2) is 4.98. The zero-order chi connectivity index (χ0) is 15.1. The lowest BCUT2D eigenvalue weighted by molar-refractivity contribution is 0.302. The molecule has 10 heteroatoms. The zero-order valence-electron chi connectivity index (χ0n) is 10.5. The SMILES string of the molecule is C=C(C)c1cn(CC(C)(P(=O)(O)O)P(=O)(O)O)cn1. The van der Waals surface area contributed by atoms with E-state index < -0.39 is 26.6 Å². The Hall–Kier alpha value is -0.750. The first kappa shape index (κ1) is 16.3. The van der Waals surface area contributed by atoms with Crippen molar-refractivity contribution in [1.29, 1.82) is 0 Å². The smallest absolute Gasteiger partial charge is 0.335 e. The van der Waals surface area contributed by atoms with E-state index in [1.165, 1.54) is 17.1 Å². The molecule has 1 rings (SSSR count). The van der Waals surface area contributed by atoms with E-state index >= 15 is 0 Å². The third-order valence-electron chi connectivity index (χ3n) is 2.81. The van der Waals surface area contributed by atoms with Crippen LogP contribution in [0.5, 0.6) is 0 Å². The van der Waals surface area contributed by atoms with Crippen LogP contribution in [0, 0.1) is 0 Å². The number of imidazole rings is 1. The standard InChI is InChI=1S/C9H16N2O6P2/c1-7(2)8-4-11(6-10-8)5-9(3,18(12,13)14)19(15,16)17/h4,6H,1,5H2,2-3H3,(H2,12,13,14)(H2,15,16,17). The van der Waals surface area contributed by atoms with Crippen LogP contribution < -0.4 is 0 Å². The normalized spacial score (nSPS) is 13.6. The largest absolute Gasteiger partial charge is 0.345 e. The van der Waals surface area contributed by atoms with Crippen molar-refractivity contribution in [1.82, 2.24) is 9.55 Å². The summed E-state index contributed by atoms with van der Waals surface area (Å²) in [5.41, 5.74) is 1.12. The van der Waals surface area contributed by atoms with E-state index in [0.29, 0.717) is 11.3 Å². The van der Waals surface area contributed by atoms with Crippen molar-refractivity contribution in [3.63, 3.8) is 0 Å². The van der Waals surface area contributed by atoms with Crippen LogP contribution in [0.3, 0.4) is 0 Å². The highest BCUT2D eigenvalue weighted by Gasteiger charge is 2.56.